The maximum Gasteiger partial charge on any atom is 0.143 e. The fraction of sp³-hybridized carbons (Fsp3) is 0.714. The Hall–Kier alpha value is -0.390. The number of aromatic nitrogens is 2. The molecule has 100 valence electrons. The molecule has 4 heteroatoms. The van der Waals surface area contributed by atoms with Crippen molar-refractivity contribution in [1.29, 1.82) is 0 Å². The molecule has 1 aromatic rings. The first kappa shape index (κ1) is 14.0. The minimum Gasteiger partial charge on any atom is -0.369 e. The van der Waals surface area contributed by atoms with Crippen LogP contribution in [0.15, 0.2) is 0 Å². The molecule has 1 aromatic heterocycles. The van der Waals surface area contributed by atoms with Crippen LogP contribution in [0, 0.1) is 9.49 Å². The van der Waals surface area contributed by atoms with Crippen LogP contribution in [0.2, 0.25) is 0 Å². The fourth-order valence-electron chi connectivity index (χ4n) is 1.92. The zero-order valence-corrected chi connectivity index (χ0v) is 13.6. The first-order valence-corrected chi connectivity index (χ1v) is 7.99. The Morgan fingerprint density at radius 2 is 2.06 bits per heavy atom. The van der Waals surface area contributed by atoms with Crippen LogP contribution in [-0.2, 0) is 6.42 Å². The van der Waals surface area contributed by atoms with Crippen LogP contribution in [-0.4, -0.2) is 16.5 Å². The molecule has 1 fully saturated rings. The maximum atomic E-state index is 4.78. The molecule has 0 spiro atoms. The molecule has 0 saturated heterocycles. The number of anilines is 1. The lowest BCUT2D eigenvalue weighted by molar-refractivity contribution is 0.627. The van der Waals surface area contributed by atoms with E-state index in [2.05, 4.69) is 48.7 Å². The van der Waals surface area contributed by atoms with Gasteiger partial charge in [-0.15, -0.1) is 0 Å². The third kappa shape index (κ3) is 3.56. The summed E-state index contributed by atoms with van der Waals surface area (Å²) in [6, 6.07) is 0. The molecule has 1 aliphatic rings. The van der Waals surface area contributed by atoms with Crippen LogP contribution < -0.4 is 5.32 Å². The Balaban J connectivity index is 2.28. The van der Waals surface area contributed by atoms with E-state index in [0.717, 1.165) is 31.0 Å². The van der Waals surface area contributed by atoms with Crippen LogP contribution in [0.5, 0.6) is 0 Å². The number of nitrogens with one attached hydrogen (secondary N) is 1. The summed E-state index contributed by atoms with van der Waals surface area (Å²) >= 11 is 2.39. The molecule has 0 amide bonds. The summed E-state index contributed by atoms with van der Waals surface area (Å²) < 4.78 is 1.21. The number of halogens is 1. The topological polar surface area (TPSA) is 37.8 Å². The molecule has 0 unspecified atom stereocenters. The van der Waals surface area contributed by atoms with Gasteiger partial charge in [-0.3, -0.25) is 0 Å². The molecule has 3 nitrogen and oxygen atoms in total. The summed E-state index contributed by atoms with van der Waals surface area (Å²) in [6.07, 6.45) is 4.68. The van der Waals surface area contributed by atoms with Gasteiger partial charge in [0.15, 0.2) is 0 Å². The van der Waals surface area contributed by atoms with Crippen molar-refractivity contribution in [3.05, 3.63) is 15.1 Å². The van der Waals surface area contributed by atoms with Crippen LogP contribution in [0.25, 0.3) is 0 Å². The van der Waals surface area contributed by atoms with Gasteiger partial charge in [-0.25, -0.2) is 9.97 Å². The Kier molecular flexibility index (Phi) is 4.81. The van der Waals surface area contributed by atoms with Crippen molar-refractivity contribution in [1.82, 2.24) is 9.97 Å². The summed E-state index contributed by atoms with van der Waals surface area (Å²) in [5.74, 6) is 3.37. The van der Waals surface area contributed by atoms with Crippen LogP contribution in [0.3, 0.4) is 0 Å². The van der Waals surface area contributed by atoms with E-state index in [1.165, 1.54) is 22.1 Å². The largest absolute Gasteiger partial charge is 0.369 e. The van der Waals surface area contributed by atoms with Crippen LogP contribution >= 0.6 is 22.6 Å². The molecule has 0 aromatic carbocycles. The lowest BCUT2D eigenvalue weighted by Crippen LogP contribution is -2.11. The Morgan fingerprint density at radius 3 is 2.61 bits per heavy atom. The monoisotopic (exact) mass is 359 g/mol. The zero-order valence-electron chi connectivity index (χ0n) is 11.5. The Morgan fingerprint density at radius 1 is 1.33 bits per heavy atom. The second-order valence-electron chi connectivity index (χ2n) is 5.49. The Bertz CT molecular complexity index is 414. The highest BCUT2D eigenvalue weighted by molar-refractivity contribution is 14.1. The van der Waals surface area contributed by atoms with Crippen molar-refractivity contribution in [2.75, 3.05) is 11.9 Å². The molecule has 1 heterocycles. The van der Waals surface area contributed by atoms with Gasteiger partial charge in [0, 0.05) is 12.5 Å². The number of rotatable bonds is 6. The number of hydrogen-bond donors (Lipinski definition) is 1. The van der Waals surface area contributed by atoms with Gasteiger partial charge in [0.2, 0.25) is 0 Å². The quantitative estimate of drug-likeness (QED) is 0.781. The Labute approximate surface area is 123 Å². The predicted octanol–water partition coefficient (Wildman–Crippen LogP) is 3.98. The van der Waals surface area contributed by atoms with Crippen LogP contribution in [0.1, 0.15) is 57.5 Å². The van der Waals surface area contributed by atoms with E-state index >= 15 is 0 Å². The smallest absolute Gasteiger partial charge is 0.143 e. The normalized spacial score (nSPS) is 15.2. The predicted molar refractivity (Wildman–Crippen MR) is 84.0 cm³/mol. The molecule has 0 bridgehead atoms. The maximum absolute atomic E-state index is 4.78. The summed E-state index contributed by atoms with van der Waals surface area (Å²) in [5.41, 5.74) is 1.22. The van der Waals surface area contributed by atoms with E-state index in [1.54, 1.807) is 0 Å². The number of hydrogen-bond acceptors (Lipinski definition) is 3. The molecular weight excluding hydrogens is 337 g/mol. The molecular formula is C14H22IN3. The molecule has 2 rings (SSSR count). The minimum absolute atomic E-state index is 0.620. The SMILES string of the molecule is CCCNc1nc(C2CC2)nc(CC(C)C)c1I. The van der Waals surface area contributed by atoms with Gasteiger partial charge in [-0.05, 0) is 54.2 Å². The molecule has 1 N–H and O–H groups in total. The molecule has 0 aliphatic heterocycles. The van der Waals surface area contributed by atoms with Crippen molar-refractivity contribution in [3.63, 3.8) is 0 Å². The van der Waals surface area contributed by atoms with Gasteiger partial charge < -0.3 is 5.32 Å². The minimum atomic E-state index is 0.620. The van der Waals surface area contributed by atoms with Gasteiger partial charge >= 0.3 is 0 Å². The van der Waals surface area contributed by atoms with E-state index in [1.807, 2.05) is 0 Å². The summed E-state index contributed by atoms with van der Waals surface area (Å²) in [5, 5.41) is 3.44. The van der Waals surface area contributed by atoms with Gasteiger partial charge in [0.05, 0.1) is 9.26 Å². The summed E-state index contributed by atoms with van der Waals surface area (Å²) in [7, 11) is 0. The lowest BCUT2D eigenvalue weighted by Gasteiger charge is -2.13. The molecule has 18 heavy (non-hydrogen) atoms. The van der Waals surface area contributed by atoms with E-state index in [0.29, 0.717) is 11.8 Å². The highest BCUT2D eigenvalue weighted by Crippen LogP contribution is 2.39. The third-order valence-corrected chi connectivity index (χ3v) is 4.16. The molecule has 0 atom stereocenters. The van der Waals surface area contributed by atoms with E-state index < -0.39 is 0 Å². The van der Waals surface area contributed by atoms with Gasteiger partial charge in [-0.2, -0.15) is 0 Å². The fourth-order valence-corrected chi connectivity index (χ4v) is 2.57. The van der Waals surface area contributed by atoms with E-state index in [-0.39, 0.29) is 0 Å². The molecule has 1 aliphatic carbocycles. The highest BCUT2D eigenvalue weighted by Gasteiger charge is 2.28. The molecule has 1 saturated carbocycles. The second kappa shape index (κ2) is 6.17. The van der Waals surface area contributed by atoms with Crippen molar-refractivity contribution in [2.24, 2.45) is 5.92 Å². The van der Waals surface area contributed by atoms with Crippen molar-refractivity contribution in [3.8, 4) is 0 Å². The van der Waals surface area contributed by atoms with Gasteiger partial charge in [-0.1, -0.05) is 20.8 Å². The van der Waals surface area contributed by atoms with Crippen LogP contribution in [0.4, 0.5) is 5.82 Å². The molecule has 0 radical (unpaired) electrons. The second-order valence-corrected chi connectivity index (χ2v) is 6.57. The average molecular weight is 359 g/mol. The number of nitrogens with zero attached hydrogens (tertiary/aromatic N) is 2. The van der Waals surface area contributed by atoms with E-state index in [9.17, 15) is 0 Å². The van der Waals surface area contributed by atoms with Gasteiger partial charge in [0.25, 0.3) is 0 Å². The standard InChI is InChI=1S/C14H22IN3/c1-4-7-16-14-12(15)11(8-9(2)3)17-13(18-14)10-5-6-10/h9-10H,4-8H2,1-3H3,(H,16,17,18). The first-order chi connectivity index (χ1) is 8.61. The average Bonchev–Trinajstić information content (AvgIpc) is 3.13. The lowest BCUT2D eigenvalue weighted by atomic mass is 10.1. The zero-order chi connectivity index (χ0) is 13.1. The van der Waals surface area contributed by atoms with Crippen molar-refractivity contribution in [2.45, 2.75) is 52.4 Å². The van der Waals surface area contributed by atoms with E-state index in [4.69, 9.17) is 9.97 Å². The summed E-state index contributed by atoms with van der Waals surface area (Å²) in [4.78, 5) is 9.49. The van der Waals surface area contributed by atoms with Crippen molar-refractivity contribution < 1.29 is 0 Å². The van der Waals surface area contributed by atoms with Gasteiger partial charge in [0.1, 0.15) is 11.6 Å². The first-order valence-electron chi connectivity index (χ1n) is 6.92. The van der Waals surface area contributed by atoms with Crippen molar-refractivity contribution >= 4 is 28.4 Å². The highest BCUT2D eigenvalue weighted by atomic mass is 127. The summed E-state index contributed by atoms with van der Waals surface area (Å²) in [6.45, 7) is 7.65. The third-order valence-electron chi connectivity index (χ3n) is 3.02.